The summed E-state index contributed by atoms with van der Waals surface area (Å²) < 4.78 is 18.6. The molecule has 0 aromatic rings. The summed E-state index contributed by atoms with van der Waals surface area (Å²) in [7, 11) is 3.03. The van der Waals surface area contributed by atoms with Crippen LogP contribution >= 0.6 is 21.6 Å². The zero-order valence-corrected chi connectivity index (χ0v) is 9.42. The number of hydrogen-bond acceptors (Lipinski definition) is 4. The van der Waals surface area contributed by atoms with Gasteiger partial charge in [0.1, 0.15) is 0 Å². The van der Waals surface area contributed by atoms with E-state index in [-0.39, 0.29) is 6.42 Å². The average Bonchev–Trinajstić information content (AvgIpc) is 2.01. The lowest BCUT2D eigenvalue weighted by Gasteiger charge is -1.97. The van der Waals surface area contributed by atoms with Crippen molar-refractivity contribution < 1.29 is 18.7 Å². The summed E-state index contributed by atoms with van der Waals surface area (Å²) in [5, 5.41) is 8.29. The minimum Gasteiger partial charge on any atom is -0.481 e. The molecule has 0 bridgehead atoms. The Kier molecular flexibility index (Phi) is 9.05. The second-order valence-electron chi connectivity index (χ2n) is 2.17. The van der Waals surface area contributed by atoms with Gasteiger partial charge in [-0.3, -0.25) is 4.79 Å². The number of rotatable bonds is 8. The van der Waals surface area contributed by atoms with Gasteiger partial charge in [0.05, 0.1) is 12.2 Å². The summed E-state index contributed by atoms with van der Waals surface area (Å²) >= 11 is -1.70. The average molecular weight is 244 g/mol. The third-order valence-corrected chi connectivity index (χ3v) is 4.16. The van der Waals surface area contributed by atoms with E-state index in [0.717, 1.165) is 5.75 Å². The molecule has 0 aromatic heterocycles. The van der Waals surface area contributed by atoms with Gasteiger partial charge >= 0.3 is 5.97 Å². The Balaban J connectivity index is 3.00. The summed E-state index contributed by atoms with van der Waals surface area (Å²) in [5.41, 5.74) is 0. The summed E-state index contributed by atoms with van der Waals surface area (Å²) in [6, 6.07) is 0. The van der Waals surface area contributed by atoms with Crippen molar-refractivity contribution in [2.45, 2.75) is 12.8 Å². The van der Waals surface area contributed by atoms with E-state index in [1.165, 1.54) is 10.8 Å². The summed E-state index contributed by atoms with van der Waals surface area (Å²) in [4.78, 5) is 10.1. The van der Waals surface area contributed by atoms with Gasteiger partial charge in [-0.05, 0) is 6.42 Å². The van der Waals surface area contributed by atoms with Crippen molar-refractivity contribution >= 4 is 38.6 Å². The molecule has 0 aliphatic carbocycles. The van der Waals surface area contributed by atoms with Crippen LogP contribution < -0.4 is 0 Å². The van der Waals surface area contributed by atoms with E-state index in [0.29, 0.717) is 17.9 Å². The molecule has 0 rings (SSSR count). The van der Waals surface area contributed by atoms with Crippen molar-refractivity contribution in [2.75, 3.05) is 17.3 Å². The first kappa shape index (κ1) is 13.3. The van der Waals surface area contributed by atoms with Crippen LogP contribution in [-0.4, -0.2) is 37.1 Å². The van der Waals surface area contributed by atoms with Crippen LogP contribution in [0, 0.1) is 0 Å². The van der Waals surface area contributed by atoms with Crippen LogP contribution in [-0.2, 0) is 15.9 Å². The van der Waals surface area contributed by atoms with Gasteiger partial charge in [0.2, 0.25) is 0 Å². The molecule has 0 fully saturated rings. The molecule has 13 heavy (non-hydrogen) atoms. The second-order valence-corrected chi connectivity index (χ2v) is 5.92. The van der Waals surface area contributed by atoms with Crippen molar-refractivity contribution in [3.05, 3.63) is 0 Å². The van der Waals surface area contributed by atoms with Crippen molar-refractivity contribution in [3.63, 3.8) is 0 Å². The van der Waals surface area contributed by atoms with Gasteiger partial charge in [0.25, 0.3) is 0 Å². The molecular formula is C6H12O4S3. The molecule has 1 atom stereocenters. The molecule has 0 aliphatic rings. The number of carbonyl (C=O) groups is 1. The summed E-state index contributed by atoms with van der Waals surface area (Å²) in [5.74, 6) is 0.884. The van der Waals surface area contributed by atoms with E-state index < -0.39 is 17.0 Å². The Bertz CT molecular complexity index is 155. The first-order valence-corrected chi connectivity index (χ1v) is 7.43. The molecule has 78 valence electrons. The lowest BCUT2D eigenvalue weighted by molar-refractivity contribution is -0.136. The normalized spacial score (nSPS) is 12.7. The fraction of sp³-hybridized carbons (Fsp3) is 0.833. The number of aliphatic carboxylic acids is 1. The maximum absolute atomic E-state index is 10.2. The largest absolute Gasteiger partial charge is 0.481 e. The molecule has 1 unspecified atom stereocenters. The van der Waals surface area contributed by atoms with Crippen LogP contribution in [0.2, 0.25) is 0 Å². The molecule has 0 spiro atoms. The molecule has 0 radical (unpaired) electrons. The smallest absolute Gasteiger partial charge is 0.304 e. The van der Waals surface area contributed by atoms with Crippen LogP contribution in [0.5, 0.6) is 0 Å². The van der Waals surface area contributed by atoms with Crippen LogP contribution in [0.25, 0.3) is 0 Å². The highest BCUT2D eigenvalue weighted by molar-refractivity contribution is 8.76. The molecule has 0 aliphatic heterocycles. The highest BCUT2D eigenvalue weighted by Gasteiger charge is 1.98. The van der Waals surface area contributed by atoms with Gasteiger partial charge in [0.15, 0.2) is 11.1 Å². The van der Waals surface area contributed by atoms with Gasteiger partial charge in [-0.2, -0.15) is 0 Å². The maximum Gasteiger partial charge on any atom is 0.304 e. The molecule has 4 nitrogen and oxygen atoms in total. The zero-order chi connectivity index (χ0) is 10.1. The highest BCUT2D eigenvalue weighted by atomic mass is 33.1. The number of carboxylic acids is 1. The third kappa shape index (κ3) is 12.3. The molecule has 0 amide bonds. The van der Waals surface area contributed by atoms with Crippen LogP contribution in [0.4, 0.5) is 0 Å². The minimum absolute atomic E-state index is 0.170. The molecule has 2 N–H and O–H groups in total. The molecule has 0 heterocycles. The monoisotopic (exact) mass is 244 g/mol. The molecule has 0 aromatic carbocycles. The Morgan fingerprint density at radius 2 is 1.92 bits per heavy atom. The highest BCUT2D eigenvalue weighted by Crippen LogP contribution is 2.22. The first-order valence-electron chi connectivity index (χ1n) is 3.66. The molecule has 7 heteroatoms. The minimum atomic E-state index is -1.70. The van der Waals surface area contributed by atoms with E-state index >= 15 is 0 Å². The second kappa shape index (κ2) is 8.86. The van der Waals surface area contributed by atoms with Gasteiger partial charge in [-0.25, -0.2) is 4.21 Å². The van der Waals surface area contributed by atoms with E-state index in [1.54, 1.807) is 10.8 Å². The fourth-order valence-electron chi connectivity index (χ4n) is 0.488. The standard InChI is InChI=1S/C6H12O4S3/c7-6(8)2-4-12-11-3-1-5-13(9)10/h1-5H2,(H,7,8)(H,9,10). The Hall–Kier alpha value is 0.280. The first-order chi connectivity index (χ1) is 6.13. The molecular weight excluding hydrogens is 232 g/mol. The Morgan fingerprint density at radius 1 is 1.31 bits per heavy atom. The van der Waals surface area contributed by atoms with Gasteiger partial charge in [-0.15, -0.1) is 0 Å². The van der Waals surface area contributed by atoms with Crippen molar-refractivity contribution in [1.29, 1.82) is 0 Å². The van der Waals surface area contributed by atoms with Crippen LogP contribution in [0.15, 0.2) is 0 Å². The number of hydrogen-bond donors (Lipinski definition) is 2. The van der Waals surface area contributed by atoms with Crippen LogP contribution in [0.1, 0.15) is 12.8 Å². The zero-order valence-electron chi connectivity index (χ0n) is 6.97. The quantitative estimate of drug-likeness (QED) is 0.382. The lowest BCUT2D eigenvalue weighted by Crippen LogP contribution is -1.96. The van der Waals surface area contributed by atoms with Crippen molar-refractivity contribution in [1.82, 2.24) is 0 Å². The van der Waals surface area contributed by atoms with E-state index in [2.05, 4.69) is 0 Å². The van der Waals surface area contributed by atoms with E-state index in [4.69, 9.17) is 9.66 Å². The predicted octanol–water partition coefficient (Wildman–Crippen LogP) is 1.45. The predicted molar refractivity (Wildman–Crippen MR) is 57.4 cm³/mol. The van der Waals surface area contributed by atoms with E-state index in [9.17, 15) is 9.00 Å². The Labute approximate surface area is 87.5 Å². The SMILES string of the molecule is O=C(O)CCSSCCCS(=O)O. The Morgan fingerprint density at radius 3 is 2.46 bits per heavy atom. The topological polar surface area (TPSA) is 74.6 Å². The van der Waals surface area contributed by atoms with Gasteiger partial charge in [-0.1, -0.05) is 21.6 Å². The van der Waals surface area contributed by atoms with Crippen molar-refractivity contribution in [3.8, 4) is 0 Å². The summed E-state index contributed by atoms with van der Waals surface area (Å²) in [6.45, 7) is 0. The van der Waals surface area contributed by atoms with Crippen LogP contribution in [0.3, 0.4) is 0 Å². The number of carboxylic acid groups (broad SMARTS) is 1. The lowest BCUT2D eigenvalue weighted by atomic mass is 10.5. The fourth-order valence-corrected chi connectivity index (χ4v) is 3.13. The maximum atomic E-state index is 10.2. The third-order valence-electron chi connectivity index (χ3n) is 1.03. The van der Waals surface area contributed by atoms with E-state index in [1.807, 2.05) is 0 Å². The molecule has 0 saturated carbocycles. The van der Waals surface area contributed by atoms with Gasteiger partial charge < -0.3 is 9.66 Å². The molecule has 0 saturated heterocycles. The summed E-state index contributed by atoms with van der Waals surface area (Å²) in [6.07, 6.45) is 0.859. The van der Waals surface area contributed by atoms with Gasteiger partial charge in [0, 0.05) is 11.5 Å². The van der Waals surface area contributed by atoms with Crippen molar-refractivity contribution in [2.24, 2.45) is 0 Å².